The monoisotopic (exact) mass is 374 g/mol. The maximum Gasteiger partial charge on any atom is 0.317 e. The van der Waals surface area contributed by atoms with Crippen LogP contribution in [0.25, 0.3) is 0 Å². The van der Waals surface area contributed by atoms with Crippen molar-refractivity contribution in [2.45, 2.75) is 6.42 Å². The first-order chi connectivity index (χ1) is 12.7. The number of urea groups is 1. The van der Waals surface area contributed by atoms with E-state index in [9.17, 15) is 4.79 Å². The highest BCUT2D eigenvalue weighted by molar-refractivity contribution is 6.32. The van der Waals surface area contributed by atoms with Crippen LogP contribution in [0.15, 0.2) is 42.6 Å². The largest absolute Gasteiger partial charge is 0.497 e. The average molecular weight is 375 g/mol. The number of aromatic nitrogens is 1. The number of hydrogen-bond donors (Lipinski definition) is 1. The summed E-state index contributed by atoms with van der Waals surface area (Å²) in [5, 5.41) is 3.63. The Labute approximate surface area is 158 Å². The van der Waals surface area contributed by atoms with Gasteiger partial charge in [-0.3, -0.25) is 0 Å². The number of anilines is 1. The Kier molecular flexibility index (Phi) is 6.17. The van der Waals surface area contributed by atoms with Crippen LogP contribution in [0.4, 0.5) is 10.6 Å². The van der Waals surface area contributed by atoms with Crippen molar-refractivity contribution in [3.8, 4) is 5.75 Å². The second-order valence-electron chi connectivity index (χ2n) is 6.11. The summed E-state index contributed by atoms with van der Waals surface area (Å²) in [7, 11) is 1.65. The maximum atomic E-state index is 12.3. The molecular weight excluding hydrogens is 352 g/mol. The van der Waals surface area contributed by atoms with Gasteiger partial charge in [-0.05, 0) is 36.2 Å². The smallest absolute Gasteiger partial charge is 0.317 e. The number of nitrogens with zero attached hydrogens (tertiary/aromatic N) is 3. The lowest BCUT2D eigenvalue weighted by Gasteiger charge is -2.35. The summed E-state index contributed by atoms with van der Waals surface area (Å²) in [4.78, 5) is 20.6. The van der Waals surface area contributed by atoms with Crippen molar-refractivity contribution >= 4 is 23.4 Å². The van der Waals surface area contributed by atoms with Crippen molar-refractivity contribution < 1.29 is 9.53 Å². The van der Waals surface area contributed by atoms with Gasteiger partial charge in [-0.15, -0.1) is 0 Å². The summed E-state index contributed by atoms with van der Waals surface area (Å²) in [5.41, 5.74) is 1.17. The van der Waals surface area contributed by atoms with Crippen LogP contribution < -0.4 is 15.0 Å². The fourth-order valence-corrected chi connectivity index (χ4v) is 3.19. The first kappa shape index (κ1) is 18.3. The van der Waals surface area contributed by atoms with E-state index in [1.807, 2.05) is 41.3 Å². The number of nitrogens with one attached hydrogen (secondary N) is 1. The van der Waals surface area contributed by atoms with E-state index in [-0.39, 0.29) is 6.03 Å². The number of benzene rings is 1. The summed E-state index contributed by atoms with van der Waals surface area (Å²) < 4.78 is 5.15. The molecule has 2 aromatic rings. The van der Waals surface area contributed by atoms with E-state index in [2.05, 4.69) is 15.2 Å². The molecule has 26 heavy (non-hydrogen) atoms. The van der Waals surface area contributed by atoms with E-state index >= 15 is 0 Å². The number of methoxy groups -OCH3 is 1. The molecule has 1 aromatic heterocycles. The Bertz CT molecular complexity index is 731. The number of piperazine rings is 1. The van der Waals surface area contributed by atoms with Gasteiger partial charge in [-0.1, -0.05) is 23.7 Å². The van der Waals surface area contributed by atoms with Gasteiger partial charge >= 0.3 is 6.03 Å². The first-order valence-corrected chi connectivity index (χ1v) is 9.06. The zero-order valence-corrected chi connectivity index (χ0v) is 15.6. The normalized spacial score (nSPS) is 14.2. The Balaban J connectivity index is 1.43. The van der Waals surface area contributed by atoms with Gasteiger partial charge < -0.3 is 19.9 Å². The van der Waals surface area contributed by atoms with Crippen LogP contribution in [-0.2, 0) is 6.42 Å². The molecule has 1 saturated heterocycles. The number of hydrogen-bond acceptors (Lipinski definition) is 4. The molecule has 0 atom stereocenters. The predicted molar refractivity (Wildman–Crippen MR) is 103 cm³/mol. The number of ether oxygens (including phenoxy) is 1. The van der Waals surface area contributed by atoms with Crippen molar-refractivity contribution in [3.63, 3.8) is 0 Å². The van der Waals surface area contributed by atoms with E-state index < -0.39 is 0 Å². The van der Waals surface area contributed by atoms with Crippen molar-refractivity contribution in [3.05, 3.63) is 53.2 Å². The van der Waals surface area contributed by atoms with Crippen LogP contribution in [0.2, 0.25) is 5.02 Å². The number of amides is 2. The molecule has 138 valence electrons. The molecule has 0 radical (unpaired) electrons. The molecule has 1 N–H and O–H groups in total. The summed E-state index contributed by atoms with van der Waals surface area (Å²) in [5.74, 6) is 1.62. The van der Waals surface area contributed by atoms with E-state index in [1.165, 1.54) is 5.56 Å². The molecular formula is C19H23ClN4O2. The van der Waals surface area contributed by atoms with E-state index in [4.69, 9.17) is 16.3 Å². The van der Waals surface area contributed by atoms with Crippen LogP contribution in [-0.4, -0.2) is 55.7 Å². The lowest BCUT2D eigenvalue weighted by Crippen LogP contribution is -2.52. The highest BCUT2D eigenvalue weighted by Gasteiger charge is 2.22. The van der Waals surface area contributed by atoms with Crippen LogP contribution in [0.5, 0.6) is 5.75 Å². The van der Waals surface area contributed by atoms with Crippen molar-refractivity contribution in [2.75, 3.05) is 44.7 Å². The van der Waals surface area contributed by atoms with Gasteiger partial charge in [0.2, 0.25) is 0 Å². The van der Waals surface area contributed by atoms with Crippen LogP contribution >= 0.6 is 11.6 Å². The van der Waals surface area contributed by atoms with Gasteiger partial charge in [-0.2, -0.15) is 0 Å². The van der Waals surface area contributed by atoms with E-state index in [0.717, 1.165) is 31.1 Å². The lowest BCUT2D eigenvalue weighted by atomic mass is 10.1. The molecule has 2 heterocycles. The van der Waals surface area contributed by atoms with E-state index in [0.29, 0.717) is 24.7 Å². The van der Waals surface area contributed by atoms with Crippen molar-refractivity contribution in [1.29, 1.82) is 0 Å². The number of carbonyl (C=O) groups is 1. The zero-order chi connectivity index (χ0) is 18.4. The molecule has 0 aliphatic carbocycles. The molecule has 1 fully saturated rings. The molecule has 0 bridgehead atoms. The lowest BCUT2D eigenvalue weighted by molar-refractivity contribution is 0.194. The number of rotatable bonds is 5. The quantitative estimate of drug-likeness (QED) is 0.874. The SMILES string of the molecule is COc1ccc(CCNC(=O)N2CCN(c3ncccc3Cl)CC2)cc1. The van der Waals surface area contributed by atoms with Crippen molar-refractivity contribution in [2.24, 2.45) is 0 Å². The summed E-state index contributed by atoms with van der Waals surface area (Å²) in [6.45, 7) is 3.37. The summed E-state index contributed by atoms with van der Waals surface area (Å²) >= 11 is 6.20. The van der Waals surface area contributed by atoms with Crippen LogP contribution in [0.1, 0.15) is 5.56 Å². The standard InChI is InChI=1S/C19H23ClN4O2/c1-26-16-6-4-15(5-7-16)8-10-22-19(25)24-13-11-23(12-14-24)18-17(20)3-2-9-21-18/h2-7,9H,8,10-14H2,1H3,(H,22,25). The molecule has 1 aliphatic rings. The van der Waals surface area contributed by atoms with Gasteiger partial charge in [0.05, 0.1) is 12.1 Å². The molecule has 7 heteroatoms. The average Bonchev–Trinajstić information content (AvgIpc) is 2.69. The van der Waals surface area contributed by atoms with Gasteiger partial charge in [0.1, 0.15) is 11.6 Å². The molecule has 0 saturated carbocycles. The minimum Gasteiger partial charge on any atom is -0.497 e. The van der Waals surface area contributed by atoms with Crippen molar-refractivity contribution in [1.82, 2.24) is 15.2 Å². The Morgan fingerprint density at radius 3 is 2.58 bits per heavy atom. The second-order valence-corrected chi connectivity index (χ2v) is 6.52. The van der Waals surface area contributed by atoms with Gasteiger partial charge in [0, 0.05) is 38.9 Å². The zero-order valence-electron chi connectivity index (χ0n) is 14.8. The highest BCUT2D eigenvalue weighted by Crippen LogP contribution is 2.23. The molecule has 0 unspecified atom stereocenters. The third-order valence-electron chi connectivity index (χ3n) is 4.45. The minimum absolute atomic E-state index is 0.0229. The molecule has 6 nitrogen and oxygen atoms in total. The molecule has 1 aliphatic heterocycles. The van der Waals surface area contributed by atoms with Gasteiger partial charge in [0.15, 0.2) is 0 Å². The van der Waals surface area contributed by atoms with E-state index in [1.54, 1.807) is 13.3 Å². The number of carbonyl (C=O) groups excluding carboxylic acids is 1. The first-order valence-electron chi connectivity index (χ1n) is 8.68. The van der Waals surface area contributed by atoms with Crippen LogP contribution in [0, 0.1) is 0 Å². The van der Waals surface area contributed by atoms with Crippen LogP contribution in [0.3, 0.4) is 0 Å². The Hall–Kier alpha value is -2.47. The number of pyridine rings is 1. The highest BCUT2D eigenvalue weighted by atomic mass is 35.5. The Morgan fingerprint density at radius 1 is 1.19 bits per heavy atom. The minimum atomic E-state index is -0.0229. The van der Waals surface area contributed by atoms with Gasteiger partial charge in [-0.25, -0.2) is 9.78 Å². The molecule has 3 rings (SSSR count). The fraction of sp³-hybridized carbons (Fsp3) is 0.368. The summed E-state index contributed by atoms with van der Waals surface area (Å²) in [6, 6.07) is 11.5. The maximum absolute atomic E-state index is 12.3. The topological polar surface area (TPSA) is 57.7 Å². The molecule has 0 spiro atoms. The number of halogens is 1. The molecule has 1 aromatic carbocycles. The predicted octanol–water partition coefficient (Wildman–Crippen LogP) is 2.82. The summed E-state index contributed by atoms with van der Waals surface area (Å²) in [6.07, 6.45) is 2.53. The third-order valence-corrected chi connectivity index (χ3v) is 4.75. The Morgan fingerprint density at radius 2 is 1.92 bits per heavy atom. The second kappa shape index (κ2) is 8.76. The third kappa shape index (κ3) is 4.58. The molecule has 2 amide bonds. The fourth-order valence-electron chi connectivity index (χ4n) is 2.95. The van der Waals surface area contributed by atoms with Gasteiger partial charge in [0.25, 0.3) is 0 Å².